The number of allylic oxidation sites excluding steroid dienone is 4. The van der Waals surface area contributed by atoms with E-state index < -0.39 is 0 Å². The summed E-state index contributed by atoms with van der Waals surface area (Å²) < 4.78 is 0. The van der Waals surface area contributed by atoms with Crippen LogP contribution in [0.25, 0.3) is 32.7 Å². The minimum atomic E-state index is 1.11. The fraction of sp³-hybridized carbons (Fsp3) is 0.250. The standard InChI is InChI=1S/C24H22/c1-13-7-19-9-17-5-6-18-10-20-8-14(2)16(4)22(20)12-24(18)23(17)11-21(19)15(13)3/h5-6,9-12H,7-8H2,1-4H3. The van der Waals surface area contributed by atoms with Crippen LogP contribution in [0.15, 0.2) is 47.5 Å². The molecule has 0 radical (unpaired) electrons. The van der Waals surface area contributed by atoms with E-state index in [9.17, 15) is 0 Å². The summed E-state index contributed by atoms with van der Waals surface area (Å²) in [4.78, 5) is 0. The molecule has 2 aliphatic carbocycles. The van der Waals surface area contributed by atoms with Crippen LogP contribution in [0.2, 0.25) is 0 Å². The zero-order valence-corrected chi connectivity index (χ0v) is 14.9. The Morgan fingerprint density at radius 1 is 0.583 bits per heavy atom. The van der Waals surface area contributed by atoms with Gasteiger partial charge in [0.2, 0.25) is 0 Å². The quantitative estimate of drug-likeness (QED) is 0.406. The van der Waals surface area contributed by atoms with E-state index in [-0.39, 0.29) is 0 Å². The molecule has 118 valence electrons. The molecule has 2 aliphatic rings. The van der Waals surface area contributed by atoms with Gasteiger partial charge in [-0.3, -0.25) is 0 Å². The van der Waals surface area contributed by atoms with Crippen molar-refractivity contribution in [1.82, 2.24) is 0 Å². The fourth-order valence-electron chi connectivity index (χ4n) is 4.54. The molecule has 0 saturated heterocycles. The van der Waals surface area contributed by atoms with Crippen molar-refractivity contribution in [2.75, 3.05) is 0 Å². The summed E-state index contributed by atoms with van der Waals surface area (Å²) in [5, 5.41) is 5.56. The van der Waals surface area contributed by atoms with Crippen LogP contribution < -0.4 is 0 Å². The van der Waals surface area contributed by atoms with Crippen molar-refractivity contribution in [2.45, 2.75) is 40.5 Å². The average molecular weight is 310 g/mol. The molecule has 24 heavy (non-hydrogen) atoms. The topological polar surface area (TPSA) is 0 Å². The van der Waals surface area contributed by atoms with Crippen LogP contribution in [-0.4, -0.2) is 0 Å². The van der Waals surface area contributed by atoms with Crippen molar-refractivity contribution in [3.63, 3.8) is 0 Å². The average Bonchev–Trinajstić information content (AvgIpc) is 3.00. The number of rotatable bonds is 0. The fourth-order valence-corrected chi connectivity index (χ4v) is 4.54. The maximum atomic E-state index is 2.44. The maximum Gasteiger partial charge on any atom is -0.00577 e. The lowest BCUT2D eigenvalue weighted by Gasteiger charge is -2.11. The van der Waals surface area contributed by atoms with Gasteiger partial charge in [0.1, 0.15) is 0 Å². The first kappa shape index (κ1) is 14.0. The van der Waals surface area contributed by atoms with Crippen molar-refractivity contribution >= 4 is 32.7 Å². The molecule has 0 spiro atoms. The minimum Gasteiger partial charge on any atom is -0.0654 e. The van der Waals surface area contributed by atoms with E-state index in [0.29, 0.717) is 0 Å². The molecule has 0 N–H and O–H groups in total. The van der Waals surface area contributed by atoms with Crippen LogP contribution >= 0.6 is 0 Å². The van der Waals surface area contributed by atoms with Gasteiger partial charge in [-0.1, -0.05) is 35.4 Å². The molecule has 5 rings (SSSR count). The first-order valence-corrected chi connectivity index (χ1v) is 8.88. The van der Waals surface area contributed by atoms with Crippen LogP contribution in [-0.2, 0) is 12.8 Å². The SMILES string of the molecule is CC1=C(C)c2cc3c(ccc4cc5c(cc43)C(C)=C(C)C5)cc2C1. The zero-order valence-electron chi connectivity index (χ0n) is 14.9. The van der Waals surface area contributed by atoms with Gasteiger partial charge in [-0.2, -0.15) is 0 Å². The second-order valence-electron chi connectivity index (χ2n) is 7.69. The Balaban J connectivity index is 1.87. The molecule has 0 nitrogen and oxygen atoms in total. The first-order valence-electron chi connectivity index (χ1n) is 8.88. The normalized spacial score (nSPS) is 16.5. The lowest BCUT2D eigenvalue weighted by Crippen LogP contribution is -1.89. The maximum absolute atomic E-state index is 2.44. The highest BCUT2D eigenvalue weighted by Crippen LogP contribution is 2.40. The lowest BCUT2D eigenvalue weighted by atomic mass is 9.93. The molecule has 0 unspecified atom stereocenters. The number of benzene rings is 3. The number of hydrogen-bond acceptors (Lipinski definition) is 0. The third-order valence-electron chi connectivity index (χ3n) is 6.28. The van der Waals surface area contributed by atoms with Gasteiger partial charge in [-0.05, 0) is 108 Å². The molecule has 0 amide bonds. The van der Waals surface area contributed by atoms with Gasteiger partial charge in [0, 0.05) is 0 Å². The molecule has 0 heteroatoms. The Morgan fingerprint density at radius 3 is 1.42 bits per heavy atom. The summed E-state index contributed by atoms with van der Waals surface area (Å²) in [6.07, 6.45) is 2.22. The second-order valence-corrected chi connectivity index (χ2v) is 7.69. The molecule has 0 heterocycles. The van der Waals surface area contributed by atoms with E-state index in [4.69, 9.17) is 0 Å². The Bertz CT molecular complexity index is 1030. The van der Waals surface area contributed by atoms with Crippen molar-refractivity contribution in [3.8, 4) is 0 Å². The van der Waals surface area contributed by atoms with Crippen LogP contribution in [0.3, 0.4) is 0 Å². The van der Waals surface area contributed by atoms with E-state index in [1.807, 2.05) is 0 Å². The van der Waals surface area contributed by atoms with Gasteiger partial charge < -0.3 is 0 Å². The van der Waals surface area contributed by atoms with Gasteiger partial charge in [-0.25, -0.2) is 0 Å². The van der Waals surface area contributed by atoms with Crippen LogP contribution in [0.4, 0.5) is 0 Å². The van der Waals surface area contributed by atoms with E-state index >= 15 is 0 Å². The lowest BCUT2D eigenvalue weighted by molar-refractivity contribution is 1.20. The van der Waals surface area contributed by atoms with Crippen molar-refractivity contribution in [3.05, 3.63) is 69.8 Å². The Labute approximate surface area is 143 Å². The van der Waals surface area contributed by atoms with E-state index in [2.05, 4.69) is 64.1 Å². The summed E-state index contributed by atoms with van der Waals surface area (Å²) in [5.74, 6) is 0. The predicted octanol–water partition coefficient (Wildman–Crippen LogP) is 6.69. The van der Waals surface area contributed by atoms with Gasteiger partial charge in [-0.15, -0.1) is 0 Å². The largest absolute Gasteiger partial charge is 0.0654 e. The van der Waals surface area contributed by atoms with Crippen LogP contribution in [0, 0.1) is 0 Å². The van der Waals surface area contributed by atoms with Gasteiger partial charge in [0.15, 0.2) is 0 Å². The second kappa shape index (κ2) is 4.60. The molecular weight excluding hydrogens is 288 g/mol. The van der Waals surface area contributed by atoms with Crippen LogP contribution in [0.5, 0.6) is 0 Å². The summed E-state index contributed by atoms with van der Waals surface area (Å²) >= 11 is 0. The van der Waals surface area contributed by atoms with Crippen molar-refractivity contribution in [2.24, 2.45) is 0 Å². The van der Waals surface area contributed by atoms with Gasteiger partial charge in [0.05, 0.1) is 0 Å². The molecular formula is C24H22. The summed E-state index contributed by atoms with van der Waals surface area (Å²) in [6, 6.07) is 14.3. The minimum absolute atomic E-state index is 1.11. The first-order chi connectivity index (χ1) is 11.5. The molecule has 0 fully saturated rings. The molecule has 0 bridgehead atoms. The molecule has 3 aromatic carbocycles. The smallest absolute Gasteiger partial charge is 0.00577 e. The molecule has 0 aliphatic heterocycles. The Hall–Kier alpha value is -2.34. The third-order valence-corrected chi connectivity index (χ3v) is 6.28. The van der Waals surface area contributed by atoms with Crippen LogP contribution in [0.1, 0.15) is 49.9 Å². The molecule has 0 atom stereocenters. The molecule has 0 saturated carbocycles. The highest BCUT2D eigenvalue weighted by Gasteiger charge is 2.19. The molecule has 3 aromatic rings. The van der Waals surface area contributed by atoms with Crippen molar-refractivity contribution < 1.29 is 0 Å². The number of fused-ring (bicyclic) bond motifs is 5. The number of hydrogen-bond donors (Lipinski definition) is 0. The summed E-state index contributed by atoms with van der Waals surface area (Å²) in [7, 11) is 0. The highest BCUT2D eigenvalue weighted by molar-refractivity contribution is 6.10. The third kappa shape index (κ3) is 1.74. The Kier molecular flexibility index (Phi) is 2.69. The van der Waals surface area contributed by atoms with Gasteiger partial charge in [0.25, 0.3) is 0 Å². The van der Waals surface area contributed by atoms with E-state index in [1.165, 1.54) is 66.1 Å². The van der Waals surface area contributed by atoms with Gasteiger partial charge >= 0.3 is 0 Å². The Morgan fingerprint density at radius 2 is 1.00 bits per heavy atom. The summed E-state index contributed by atoms with van der Waals surface area (Å²) in [5.41, 5.74) is 11.9. The van der Waals surface area contributed by atoms with Crippen molar-refractivity contribution in [1.29, 1.82) is 0 Å². The predicted molar refractivity (Wildman–Crippen MR) is 105 cm³/mol. The zero-order chi connectivity index (χ0) is 16.6. The molecule has 0 aromatic heterocycles. The van der Waals surface area contributed by atoms with E-state index in [0.717, 1.165) is 12.8 Å². The summed E-state index contributed by atoms with van der Waals surface area (Å²) in [6.45, 7) is 9.07. The highest BCUT2D eigenvalue weighted by atomic mass is 14.2. The monoisotopic (exact) mass is 310 g/mol. The van der Waals surface area contributed by atoms with E-state index in [1.54, 1.807) is 0 Å².